The van der Waals surface area contributed by atoms with Crippen LogP contribution in [0.25, 0.3) is 0 Å². The van der Waals surface area contributed by atoms with Gasteiger partial charge in [0.15, 0.2) is 0 Å². The minimum atomic E-state index is -2.56. The summed E-state index contributed by atoms with van der Waals surface area (Å²) in [6.07, 6.45) is 3.53. The maximum atomic E-state index is 13.1. The fourth-order valence-corrected chi connectivity index (χ4v) is 6.16. The van der Waals surface area contributed by atoms with Crippen molar-refractivity contribution in [2.45, 2.75) is 63.8 Å². The van der Waals surface area contributed by atoms with Gasteiger partial charge in [0.05, 0.1) is 12.6 Å². The highest BCUT2D eigenvalue weighted by Gasteiger charge is 2.64. The van der Waals surface area contributed by atoms with Gasteiger partial charge in [-0.25, -0.2) is 4.31 Å². The fourth-order valence-electron chi connectivity index (χ4n) is 2.65. The van der Waals surface area contributed by atoms with Crippen molar-refractivity contribution in [1.82, 2.24) is 4.31 Å². The predicted molar refractivity (Wildman–Crippen MR) is 86.7 cm³/mol. The SMILES string of the molecule is CCOC(=O)[C@@H]1[C@H](C2CCC2)N1[SH](=O)(I)C(C)(C)C. The molecule has 1 aliphatic heterocycles. The van der Waals surface area contributed by atoms with E-state index in [-0.39, 0.29) is 22.8 Å². The van der Waals surface area contributed by atoms with Gasteiger partial charge in [-0.2, -0.15) is 0 Å². The molecule has 6 heteroatoms. The first-order chi connectivity index (χ1) is 8.71. The molecular weight excluding hydrogens is 377 g/mol. The Balaban J connectivity index is 2.18. The number of hydrogen-bond acceptors (Lipinski definition) is 3. The smallest absolute Gasteiger partial charge is 0.325 e. The van der Waals surface area contributed by atoms with Crippen LogP contribution in [0, 0.1) is 5.92 Å². The maximum absolute atomic E-state index is 13.1. The molecule has 0 radical (unpaired) electrons. The zero-order valence-corrected chi connectivity index (χ0v) is 15.1. The fraction of sp³-hybridized carbons (Fsp3) is 0.923. The highest BCUT2D eigenvalue weighted by Crippen LogP contribution is 2.53. The number of halogens is 1. The first kappa shape index (κ1) is 15.7. The Hall–Kier alpha value is 0.310. The van der Waals surface area contributed by atoms with Gasteiger partial charge in [0.2, 0.25) is 0 Å². The molecule has 1 aliphatic carbocycles. The van der Waals surface area contributed by atoms with E-state index in [1.54, 1.807) is 0 Å². The normalized spacial score (nSPS) is 32.6. The number of rotatable bonds is 4. The molecule has 2 aliphatic rings. The van der Waals surface area contributed by atoms with E-state index in [0.29, 0.717) is 12.5 Å². The Morgan fingerprint density at radius 1 is 1.42 bits per heavy atom. The summed E-state index contributed by atoms with van der Waals surface area (Å²) in [7, 11) is -2.56. The molecule has 4 nitrogen and oxygen atoms in total. The molecule has 0 amide bonds. The molecule has 1 saturated heterocycles. The van der Waals surface area contributed by atoms with E-state index in [0.717, 1.165) is 12.8 Å². The van der Waals surface area contributed by atoms with E-state index in [2.05, 4.69) is 21.2 Å². The van der Waals surface area contributed by atoms with Crippen molar-refractivity contribution in [2.75, 3.05) is 6.61 Å². The second-order valence-corrected chi connectivity index (χ2v) is 13.2. The van der Waals surface area contributed by atoms with E-state index in [1.165, 1.54) is 6.42 Å². The van der Waals surface area contributed by atoms with Crippen LogP contribution in [0.3, 0.4) is 0 Å². The summed E-state index contributed by atoms with van der Waals surface area (Å²) in [5, 5.41) is 0. The Morgan fingerprint density at radius 2 is 2.00 bits per heavy atom. The van der Waals surface area contributed by atoms with Crippen molar-refractivity contribution in [3.63, 3.8) is 0 Å². The number of esters is 1. The zero-order chi connectivity index (χ0) is 14.4. The van der Waals surface area contributed by atoms with Crippen molar-refractivity contribution < 1.29 is 13.7 Å². The van der Waals surface area contributed by atoms with Crippen LogP contribution >= 0.6 is 21.2 Å². The monoisotopic (exact) mass is 401 g/mol. The summed E-state index contributed by atoms with van der Waals surface area (Å²) in [5.74, 6) is 0.334. The van der Waals surface area contributed by atoms with E-state index in [1.807, 2.05) is 32.0 Å². The summed E-state index contributed by atoms with van der Waals surface area (Å²) < 4.78 is 19.9. The number of hydrogen-bond donors (Lipinski definition) is 1. The first-order valence-electron chi connectivity index (χ1n) is 6.97. The van der Waals surface area contributed by atoms with Crippen LogP contribution in [0.5, 0.6) is 0 Å². The standard InChI is InChI=1S/C13H24INO3S/c1-5-18-12(16)11-10(9-7-6-8-9)15(11)19(14,17)13(2,3)4/h9-11,19H,5-8H2,1-4H3/t10-,11-,15?/m0/s1. The van der Waals surface area contributed by atoms with Crippen LogP contribution in [-0.2, 0) is 16.8 Å². The topological polar surface area (TPSA) is 46.4 Å². The van der Waals surface area contributed by atoms with Gasteiger partial charge in [0.25, 0.3) is 0 Å². The predicted octanol–water partition coefficient (Wildman–Crippen LogP) is 2.48. The van der Waals surface area contributed by atoms with Crippen molar-refractivity contribution in [1.29, 1.82) is 0 Å². The zero-order valence-electron chi connectivity index (χ0n) is 12.1. The molecule has 2 fully saturated rings. The van der Waals surface area contributed by atoms with E-state index < -0.39 is 7.29 Å². The second kappa shape index (κ2) is 5.26. The molecule has 112 valence electrons. The molecule has 0 aromatic heterocycles. The van der Waals surface area contributed by atoms with Crippen molar-refractivity contribution in [3.05, 3.63) is 0 Å². The Labute approximate surface area is 128 Å². The molecule has 0 aromatic carbocycles. The van der Waals surface area contributed by atoms with E-state index >= 15 is 0 Å². The summed E-state index contributed by atoms with van der Waals surface area (Å²) in [6, 6.07) is -0.123. The lowest BCUT2D eigenvalue weighted by molar-refractivity contribution is -0.143. The van der Waals surface area contributed by atoms with Crippen LogP contribution in [-0.4, -0.2) is 37.9 Å². The van der Waals surface area contributed by atoms with Gasteiger partial charge in [-0.15, -0.1) is 0 Å². The number of ether oxygens (including phenoxy) is 1. The van der Waals surface area contributed by atoms with Crippen LogP contribution < -0.4 is 0 Å². The minimum Gasteiger partial charge on any atom is -0.465 e. The lowest BCUT2D eigenvalue weighted by atomic mass is 9.82. The van der Waals surface area contributed by atoms with E-state index in [9.17, 15) is 9.00 Å². The molecule has 19 heavy (non-hydrogen) atoms. The first-order valence-corrected chi connectivity index (χ1v) is 11.4. The van der Waals surface area contributed by atoms with Gasteiger partial charge in [-0.05, 0) is 53.7 Å². The molecule has 3 atom stereocenters. The molecular formula is C13H24INO3S. The summed E-state index contributed by atoms with van der Waals surface area (Å²) in [5.41, 5.74) is 0. The van der Waals surface area contributed by atoms with Crippen molar-refractivity contribution in [2.24, 2.45) is 5.92 Å². The minimum absolute atomic E-state index is 0.148. The molecule has 0 spiro atoms. The lowest BCUT2D eigenvalue weighted by Crippen LogP contribution is -2.38. The second-order valence-electron chi connectivity index (χ2n) is 6.43. The molecule has 0 bridgehead atoms. The van der Waals surface area contributed by atoms with Crippen molar-refractivity contribution in [3.8, 4) is 0 Å². The largest absolute Gasteiger partial charge is 0.465 e. The molecule has 2 rings (SSSR count). The maximum Gasteiger partial charge on any atom is 0.325 e. The number of carbonyl (C=O) groups is 1. The van der Waals surface area contributed by atoms with Crippen molar-refractivity contribution >= 4 is 34.5 Å². The molecule has 1 saturated carbocycles. The number of carbonyl (C=O) groups excluding carboxylic acids is 1. The molecule has 0 aromatic rings. The van der Waals surface area contributed by atoms with Gasteiger partial charge >= 0.3 is 5.97 Å². The van der Waals surface area contributed by atoms with Crippen LogP contribution in [0.2, 0.25) is 0 Å². The quantitative estimate of drug-likeness (QED) is 0.259. The summed E-state index contributed by atoms with van der Waals surface area (Å²) in [6.45, 7) is 8.16. The van der Waals surface area contributed by atoms with Crippen LogP contribution in [0.15, 0.2) is 0 Å². The highest BCUT2D eigenvalue weighted by atomic mass is 127. The Bertz CT molecular complexity index is 417. The summed E-state index contributed by atoms with van der Waals surface area (Å²) in [4.78, 5) is 12.1. The average Bonchev–Trinajstić information content (AvgIpc) is 2.89. The molecule has 1 unspecified atom stereocenters. The average molecular weight is 401 g/mol. The van der Waals surface area contributed by atoms with Crippen LogP contribution in [0.4, 0.5) is 0 Å². The van der Waals surface area contributed by atoms with E-state index in [4.69, 9.17) is 4.74 Å². The summed E-state index contributed by atoms with van der Waals surface area (Å²) >= 11 is 2.07. The van der Waals surface area contributed by atoms with Gasteiger partial charge in [0.1, 0.15) is 6.04 Å². The molecule has 0 N–H and O–H groups in total. The third-order valence-electron chi connectivity index (χ3n) is 4.11. The third-order valence-corrected chi connectivity index (χ3v) is 12.7. The number of thiol groups is 1. The van der Waals surface area contributed by atoms with Gasteiger partial charge in [0, 0.05) is 26.0 Å². The van der Waals surface area contributed by atoms with Gasteiger partial charge in [-0.1, -0.05) is 6.42 Å². The van der Waals surface area contributed by atoms with Gasteiger partial charge in [-0.3, -0.25) is 9.00 Å². The lowest BCUT2D eigenvalue weighted by Gasteiger charge is -2.35. The van der Waals surface area contributed by atoms with Gasteiger partial charge < -0.3 is 4.74 Å². The molecule has 1 heterocycles. The Morgan fingerprint density at radius 3 is 2.37 bits per heavy atom. The number of nitrogens with zero attached hydrogens (tertiary/aromatic N) is 1. The third kappa shape index (κ3) is 2.72. The Kier molecular flexibility index (Phi) is 4.34. The van der Waals surface area contributed by atoms with Crippen LogP contribution in [0.1, 0.15) is 47.0 Å². The highest BCUT2D eigenvalue weighted by molar-refractivity contribution is 14.2.